The van der Waals surface area contributed by atoms with E-state index < -0.39 is 17.6 Å². The topological polar surface area (TPSA) is 89.9 Å². The molecular weight excluding hydrogens is 272 g/mol. The lowest BCUT2D eigenvalue weighted by Gasteiger charge is -2.35. The van der Waals surface area contributed by atoms with Crippen molar-refractivity contribution in [2.24, 2.45) is 0 Å². The molecule has 3 atom stereocenters. The number of nitrogens with one attached hydrogen (secondary N) is 1. The van der Waals surface area contributed by atoms with Gasteiger partial charge in [0.15, 0.2) is 0 Å². The van der Waals surface area contributed by atoms with Gasteiger partial charge in [0.25, 0.3) is 0 Å². The van der Waals surface area contributed by atoms with E-state index in [1.165, 1.54) is 4.90 Å². The minimum absolute atomic E-state index is 0.260. The molecule has 3 N–H and O–H groups in total. The summed E-state index contributed by atoms with van der Waals surface area (Å²) in [5.41, 5.74) is -1.08. The highest BCUT2D eigenvalue weighted by molar-refractivity contribution is 5.87. The Morgan fingerprint density at radius 2 is 1.95 bits per heavy atom. The number of carboxylic acid groups (broad SMARTS) is 1. The normalized spacial score (nSPS) is 33.5. The van der Waals surface area contributed by atoms with Crippen LogP contribution in [0.25, 0.3) is 0 Å². The molecule has 1 heterocycles. The molecule has 0 aromatic carbocycles. The molecule has 1 saturated carbocycles. The number of amides is 2. The van der Waals surface area contributed by atoms with Gasteiger partial charge in [-0.3, -0.25) is 0 Å². The predicted octanol–water partition coefficient (Wildman–Crippen LogP) is 1.72. The van der Waals surface area contributed by atoms with Crippen LogP contribution in [0, 0.1) is 0 Å². The largest absolute Gasteiger partial charge is 0.479 e. The van der Waals surface area contributed by atoms with Gasteiger partial charge in [0.05, 0.1) is 12.1 Å². The molecule has 0 aromatic rings. The van der Waals surface area contributed by atoms with Gasteiger partial charge in [-0.1, -0.05) is 26.2 Å². The lowest BCUT2D eigenvalue weighted by atomic mass is 9.93. The summed E-state index contributed by atoms with van der Waals surface area (Å²) in [5, 5.41) is 22.5. The van der Waals surface area contributed by atoms with Gasteiger partial charge in [0, 0.05) is 6.54 Å². The summed E-state index contributed by atoms with van der Waals surface area (Å²) in [6.07, 6.45) is 5.57. The number of likely N-dealkylation sites (tertiary alicyclic amines) is 1. The fraction of sp³-hybridized carbons (Fsp3) is 0.867. The van der Waals surface area contributed by atoms with E-state index in [1.807, 2.05) is 0 Å². The molecule has 3 unspecified atom stereocenters. The first-order chi connectivity index (χ1) is 10.0. The number of carboxylic acids is 1. The molecule has 0 bridgehead atoms. The Labute approximate surface area is 125 Å². The van der Waals surface area contributed by atoms with Crippen LogP contribution in [0.5, 0.6) is 0 Å². The Morgan fingerprint density at radius 3 is 2.62 bits per heavy atom. The Bertz CT molecular complexity index is 401. The lowest BCUT2D eigenvalue weighted by molar-refractivity contribution is -0.148. The Balaban J connectivity index is 2.06. The summed E-state index contributed by atoms with van der Waals surface area (Å²) in [7, 11) is 0. The number of nitrogens with zero attached hydrogens (tertiary/aromatic N) is 1. The van der Waals surface area contributed by atoms with E-state index in [0.717, 1.165) is 25.7 Å². The quantitative estimate of drug-likeness (QED) is 0.692. The molecule has 21 heavy (non-hydrogen) atoms. The first-order valence-electron chi connectivity index (χ1n) is 8.01. The molecular formula is C15H26N2O4. The van der Waals surface area contributed by atoms with E-state index >= 15 is 0 Å². The van der Waals surface area contributed by atoms with Crippen LogP contribution < -0.4 is 5.32 Å². The number of hydrogen-bond acceptors (Lipinski definition) is 3. The highest BCUT2D eigenvalue weighted by atomic mass is 16.4. The summed E-state index contributed by atoms with van der Waals surface area (Å²) in [5.74, 6) is -0.931. The lowest BCUT2D eigenvalue weighted by Crippen LogP contribution is -2.58. The molecule has 2 aliphatic rings. The third-order valence-corrected chi connectivity index (χ3v) is 5.01. The first kappa shape index (κ1) is 16.1. The third kappa shape index (κ3) is 3.15. The molecule has 0 spiro atoms. The molecule has 2 fully saturated rings. The van der Waals surface area contributed by atoms with E-state index in [-0.39, 0.29) is 12.1 Å². The van der Waals surface area contributed by atoms with Crippen molar-refractivity contribution in [2.45, 2.75) is 76.0 Å². The maximum absolute atomic E-state index is 12.5. The fourth-order valence-corrected chi connectivity index (χ4v) is 3.61. The summed E-state index contributed by atoms with van der Waals surface area (Å²) in [4.78, 5) is 25.6. The maximum atomic E-state index is 12.5. The molecule has 0 aromatic heterocycles. The summed E-state index contributed by atoms with van der Waals surface area (Å²) < 4.78 is 0. The molecule has 120 valence electrons. The molecule has 6 heteroatoms. The van der Waals surface area contributed by atoms with E-state index in [1.54, 1.807) is 6.92 Å². The minimum atomic E-state index is -1.08. The molecule has 2 amide bonds. The van der Waals surface area contributed by atoms with Gasteiger partial charge in [0.1, 0.15) is 5.54 Å². The Hall–Kier alpha value is -1.30. The fourth-order valence-electron chi connectivity index (χ4n) is 3.61. The number of hydrogen-bond donors (Lipinski definition) is 3. The predicted molar refractivity (Wildman–Crippen MR) is 78.0 cm³/mol. The van der Waals surface area contributed by atoms with Gasteiger partial charge in [0.2, 0.25) is 0 Å². The number of aliphatic hydroxyl groups excluding tert-OH is 1. The number of aliphatic hydroxyl groups is 1. The second kappa shape index (κ2) is 6.64. The molecule has 1 aliphatic heterocycles. The van der Waals surface area contributed by atoms with Crippen LogP contribution in [0.4, 0.5) is 4.79 Å². The number of aliphatic carboxylic acids is 1. The van der Waals surface area contributed by atoms with Gasteiger partial charge >= 0.3 is 12.0 Å². The molecule has 1 saturated heterocycles. The van der Waals surface area contributed by atoms with Crippen LogP contribution in [-0.4, -0.2) is 51.3 Å². The van der Waals surface area contributed by atoms with Crippen molar-refractivity contribution < 1.29 is 19.8 Å². The van der Waals surface area contributed by atoms with Gasteiger partial charge < -0.3 is 20.4 Å². The second-order valence-corrected chi connectivity index (χ2v) is 6.21. The standard InChI is InChI=1S/C15H26N2O4/c1-2-15(13(19)20)9-6-10-17(15)14(21)16-11-7-4-3-5-8-12(11)18/h11-12,18H,2-10H2,1H3,(H,16,21)(H,19,20). The second-order valence-electron chi connectivity index (χ2n) is 6.21. The number of urea groups is 1. The van der Waals surface area contributed by atoms with Gasteiger partial charge in [-0.25, -0.2) is 9.59 Å². The number of carbonyl (C=O) groups excluding carboxylic acids is 1. The average Bonchev–Trinajstić information content (AvgIpc) is 2.81. The van der Waals surface area contributed by atoms with Crippen LogP contribution in [0.2, 0.25) is 0 Å². The van der Waals surface area contributed by atoms with Crippen molar-refractivity contribution in [1.82, 2.24) is 10.2 Å². The minimum Gasteiger partial charge on any atom is -0.479 e. The Morgan fingerprint density at radius 1 is 1.24 bits per heavy atom. The van der Waals surface area contributed by atoms with E-state index in [9.17, 15) is 19.8 Å². The SMILES string of the molecule is CCC1(C(=O)O)CCCN1C(=O)NC1CCCCCC1O. The van der Waals surface area contributed by atoms with Gasteiger partial charge in [-0.05, 0) is 32.1 Å². The number of carbonyl (C=O) groups is 2. The first-order valence-corrected chi connectivity index (χ1v) is 8.01. The monoisotopic (exact) mass is 298 g/mol. The van der Waals surface area contributed by atoms with Crippen molar-refractivity contribution in [2.75, 3.05) is 6.54 Å². The van der Waals surface area contributed by atoms with E-state index in [4.69, 9.17) is 0 Å². The summed E-state index contributed by atoms with van der Waals surface area (Å²) >= 11 is 0. The highest BCUT2D eigenvalue weighted by Crippen LogP contribution is 2.33. The average molecular weight is 298 g/mol. The summed E-state index contributed by atoms with van der Waals surface area (Å²) in [6.45, 7) is 2.27. The summed E-state index contributed by atoms with van der Waals surface area (Å²) in [6, 6.07) is -0.605. The van der Waals surface area contributed by atoms with Gasteiger partial charge in [-0.2, -0.15) is 0 Å². The van der Waals surface area contributed by atoms with Crippen molar-refractivity contribution >= 4 is 12.0 Å². The maximum Gasteiger partial charge on any atom is 0.329 e. The number of rotatable bonds is 3. The highest BCUT2D eigenvalue weighted by Gasteiger charge is 2.49. The van der Waals surface area contributed by atoms with Crippen LogP contribution in [0.1, 0.15) is 58.3 Å². The van der Waals surface area contributed by atoms with Crippen molar-refractivity contribution in [3.05, 3.63) is 0 Å². The zero-order valence-corrected chi connectivity index (χ0v) is 12.7. The third-order valence-electron chi connectivity index (χ3n) is 5.01. The van der Waals surface area contributed by atoms with Crippen molar-refractivity contribution in [3.8, 4) is 0 Å². The molecule has 0 radical (unpaired) electrons. The van der Waals surface area contributed by atoms with Gasteiger partial charge in [-0.15, -0.1) is 0 Å². The molecule has 2 rings (SSSR count). The Kier molecular flexibility index (Phi) is 5.08. The molecule has 6 nitrogen and oxygen atoms in total. The zero-order valence-electron chi connectivity index (χ0n) is 12.7. The van der Waals surface area contributed by atoms with Crippen molar-refractivity contribution in [3.63, 3.8) is 0 Å². The zero-order chi connectivity index (χ0) is 15.5. The van der Waals surface area contributed by atoms with Crippen molar-refractivity contribution in [1.29, 1.82) is 0 Å². The smallest absolute Gasteiger partial charge is 0.329 e. The van der Waals surface area contributed by atoms with E-state index in [0.29, 0.717) is 32.2 Å². The van der Waals surface area contributed by atoms with Crippen LogP contribution in [0.3, 0.4) is 0 Å². The van der Waals surface area contributed by atoms with Crippen LogP contribution in [-0.2, 0) is 4.79 Å². The van der Waals surface area contributed by atoms with E-state index in [2.05, 4.69) is 5.32 Å². The molecule has 1 aliphatic carbocycles. The van der Waals surface area contributed by atoms with Crippen LogP contribution >= 0.6 is 0 Å². The van der Waals surface area contributed by atoms with Crippen LogP contribution in [0.15, 0.2) is 0 Å².